The highest BCUT2D eigenvalue weighted by Gasteiger charge is 2.54. The molecule has 109 heavy (non-hydrogen) atoms. The van der Waals surface area contributed by atoms with Gasteiger partial charge in [-0.3, -0.25) is 57.5 Å². The fourth-order valence-corrected chi connectivity index (χ4v) is 14.8. The molecule has 0 aromatic heterocycles. The van der Waals surface area contributed by atoms with Gasteiger partial charge in [0.15, 0.2) is 0 Å². The van der Waals surface area contributed by atoms with Gasteiger partial charge in [0.1, 0.15) is 71.1 Å². The molecular weight excluding hydrogens is 1440 g/mol. The van der Waals surface area contributed by atoms with E-state index in [1.165, 1.54) is 72.1 Å². The Labute approximate surface area is 631 Å². The van der Waals surface area contributed by atoms with E-state index in [0.717, 1.165) is 65.6 Å². The summed E-state index contributed by atoms with van der Waals surface area (Å²) >= 11 is 0. The minimum Gasteiger partial charge on any atom is -0.377 e. The van der Waals surface area contributed by atoms with Crippen LogP contribution in [0.3, 0.4) is 0 Å². The highest BCUT2D eigenvalue weighted by molar-refractivity contribution is 6.01. The maximum Gasteiger partial charge on any atom is 0.422 e. The van der Waals surface area contributed by atoms with Crippen LogP contribution < -0.4 is 16.0 Å². The van der Waals surface area contributed by atoms with Gasteiger partial charge in [0.05, 0.1) is 31.2 Å². The van der Waals surface area contributed by atoms with E-state index in [9.17, 15) is 55.1 Å². The van der Waals surface area contributed by atoms with Crippen LogP contribution in [0.4, 0.5) is 35.1 Å². The molecule has 2 aliphatic heterocycles. The maximum absolute atomic E-state index is 15.6. The predicted molar refractivity (Wildman–Crippen MR) is 385 cm³/mol. The summed E-state index contributed by atoms with van der Waals surface area (Å²) in [7, 11) is 10.5. The molecule has 4 fully saturated rings. The van der Waals surface area contributed by atoms with Crippen LogP contribution in [0.15, 0.2) is 61.2 Å². The lowest BCUT2D eigenvalue weighted by Gasteiger charge is -2.46. The number of fused-ring (bicyclic) bond motifs is 1. The number of allylic oxidation sites excluding steroid dienone is 1. The molecule has 604 valence electrons. The lowest BCUT2D eigenvalue weighted by molar-refractivity contribution is -0.157. The molecule has 25 nitrogen and oxygen atoms in total. The first-order valence-corrected chi connectivity index (χ1v) is 36.9. The first-order valence-electron chi connectivity index (χ1n) is 36.9. The van der Waals surface area contributed by atoms with E-state index in [-0.39, 0.29) is 62.8 Å². The van der Waals surface area contributed by atoms with E-state index >= 15 is 37.5 Å². The minimum atomic E-state index is -5.47. The molecule has 0 bridgehead atoms. The summed E-state index contributed by atoms with van der Waals surface area (Å²) in [4.78, 5) is 190. The zero-order valence-electron chi connectivity index (χ0n) is 64.5. The van der Waals surface area contributed by atoms with Crippen LogP contribution in [0, 0.1) is 23.5 Å². The van der Waals surface area contributed by atoms with Crippen molar-refractivity contribution in [2.75, 3.05) is 89.2 Å². The standard InChI is InChI=1S/C76H106F8N12O13/c1-16-20-26-55-70(105)95(40-44(5)6)58(37-46-27-30-49(31-28-46)75(79,80)81)69(104)89(10)42-59(97)85-53(32-29-47-35-51(77)62(52(78)36-47)76(82,83)84)67(102)96-41-50(109-19-4)38-56(96)66(101)87-74(33-23-34-74)73(108)94(15)64(48-24-21-22-25-48)72(107)93(14)57(68(103)88(8)9)39-60(98)91(12)54(18-3)65(100)86-63(45(7)17-2)71(106)90(11)43-61(99)92(55)13/h16,27-28,30-31,35-36,45,48,50,53-58,63-64H,1,5,17-26,29,32-34,37-43H2,2-4,6-15H3,(H,85,97)(H,86,100)(H,87,101)/t45-,50+,53-,54-,55-,56-,57-,58-,63-,64+/m0/s1. The number of carbonyl (C=O) groups is 12. The summed E-state index contributed by atoms with van der Waals surface area (Å²) in [5, 5.41) is 8.19. The predicted octanol–water partition coefficient (Wildman–Crippen LogP) is 6.29. The number of aryl methyl sites for hydroxylation is 1. The van der Waals surface area contributed by atoms with E-state index in [1.54, 1.807) is 27.7 Å². The molecule has 4 aliphatic rings. The van der Waals surface area contributed by atoms with Gasteiger partial charge in [-0.15, -0.1) is 6.58 Å². The molecule has 2 aromatic rings. The van der Waals surface area contributed by atoms with Crippen molar-refractivity contribution in [1.82, 2.24) is 60.0 Å². The van der Waals surface area contributed by atoms with Crippen molar-refractivity contribution in [1.29, 1.82) is 0 Å². The van der Waals surface area contributed by atoms with E-state index in [4.69, 9.17) is 4.74 Å². The lowest BCUT2D eigenvalue weighted by atomic mass is 9.74. The first-order chi connectivity index (χ1) is 51.0. The van der Waals surface area contributed by atoms with E-state index in [1.807, 2.05) is 0 Å². The van der Waals surface area contributed by atoms with Crippen LogP contribution in [-0.2, 0) is 87.5 Å². The van der Waals surface area contributed by atoms with Crippen molar-refractivity contribution in [2.45, 2.75) is 210 Å². The second kappa shape index (κ2) is 38.1. The van der Waals surface area contributed by atoms with Gasteiger partial charge in [-0.2, -0.15) is 26.3 Å². The Morgan fingerprint density at radius 2 is 1.30 bits per heavy atom. The summed E-state index contributed by atoms with van der Waals surface area (Å²) in [6.07, 6.45) is -9.64. The number of halogens is 8. The van der Waals surface area contributed by atoms with Gasteiger partial charge in [0.2, 0.25) is 70.9 Å². The smallest absolute Gasteiger partial charge is 0.377 e. The molecule has 2 saturated heterocycles. The van der Waals surface area contributed by atoms with Crippen LogP contribution in [0.1, 0.15) is 147 Å². The maximum atomic E-state index is 15.6. The highest BCUT2D eigenvalue weighted by atomic mass is 19.4. The van der Waals surface area contributed by atoms with Crippen LogP contribution in [-0.4, -0.2) is 264 Å². The molecule has 0 unspecified atom stereocenters. The van der Waals surface area contributed by atoms with Crippen molar-refractivity contribution >= 4 is 70.9 Å². The summed E-state index contributed by atoms with van der Waals surface area (Å²) in [6, 6.07) is -7.67. The minimum absolute atomic E-state index is 0.0265. The Bertz CT molecular complexity index is 3660. The largest absolute Gasteiger partial charge is 0.422 e. The summed E-state index contributed by atoms with van der Waals surface area (Å²) in [5.74, 6) is -15.5. The van der Waals surface area contributed by atoms with Gasteiger partial charge in [0.25, 0.3) is 0 Å². The quantitative estimate of drug-likeness (QED) is 0.116. The summed E-state index contributed by atoms with van der Waals surface area (Å²) in [5.41, 5.74) is -5.10. The van der Waals surface area contributed by atoms with E-state index in [0.29, 0.717) is 50.7 Å². The Morgan fingerprint density at radius 3 is 1.83 bits per heavy atom. The number of alkyl halides is 6. The Hall–Kier alpha value is -9.04. The Balaban J connectivity index is 1.53. The topological polar surface area (TPSA) is 279 Å². The number of nitrogens with one attached hydrogen (secondary N) is 3. The van der Waals surface area contributed by atoms with Gasteiger partial charge < -0.3 is 64.8 Å². The number of nitrogens with zero attached hydrogens (tertiary/aromatic N) is 9. The average molecular weight is 1550 g/mol. The van der Waals surface area contributed by atoms with Gasteiger partial charge in [0, 0.05) is 88.9 Å². The summed E-state index contributed by atoms with van der Waals surface area (Å²) < 4.78 is 120. The number of amides is 12. The van der Waals surface area contributed by atoms with Crippen molar-refractivity contribution in [3.05, 3.63) is 95.1 Å². The number of carbonyl (C=O) groups excluding carboxylic acids is 12. The fourth-order valence-electron chi connectivity index (χ4n) is 14.8. The summed E-state index contributed by atoms with van der Waals surface area (Å²) in [6.45, 7) is 13.4. The molecule has 1 spiro atoms. The normalized spacial score (nSPS) is 25.0. The van der Waals surface area contributed by atoms with Gasteiger partial charge in [-0.25, -0.2) is 8.78 Å². The second-order valence-electron chi connectivity index (χ2n) is 29.6. The lowest BCUT2D eigenvalue weighted by Crippen LogP contribution is -2.68. The second-order valence-corrected chi connectivity index (χ2v) is 29.6. The Morgan fingerprint density at radius 1 is 0.706 bits per heavy atom. The SMILES string of the molecule is C=CCC[C@H]1C(=O)N(CC(=C)C)[C@@H](Cc2ccc(C(F)(F)F)cc2)C(=O)N(C)CC(=O)N[C@@H](CCc2cc(F)c(C(F)(F)F)c(F)c2)C(=O)N2C[C@H](OCC)C[C@H]2C(=O)NC2(CCC2)C(=O)N(C)[C@H](C2CCCC2)C(=O)N(C)[C@H](C(=O)N(C)C)CC(=O)N(C)[C@@H](CC)C(=O)N[C@@H]([C@@H](C)CC)C(=O)N(C)CC(=O)N1C. The molecule has 2 saturated carbocycles. The molecular formula is C76H106F8N12O13. The third-order valence-electron chi connectivity index (χ3n) is 21.4. The third-order valence-corrected chi connectivity index (χ3v) is 21.4. The zero-order chi connectivity index (χ0) is 81.6. The molecule has 2 aromatic carbocycles. The fraction of sp³-hybridized carbons (Fsp3) is 0.632. The average Bonchev–Trinajstić information content (AvgIpc) is 0.926. The van der Waals surface area contributed by atoms with Gasteiger partial charge in [-0.05, 0) is 125 Å². The molecule has 3 N–H and O–H groups in total. The number of rotatable bonds is 17. The van der Waals surface area contributed by atoms with Crippen LogP contribution in [0.5, 0.6) is 0 Å². The van der Waals surface area contributed by atoms with Gasteiger partial charge in [-0.1, -0.05) is 70.4 Å². The molecule has 6 rings (SSSR count). The van der Waals surface area contributed by atoms with E-state index in [2.05, 4.69) is 29.1 Å². The molecule has 12 amide bonds. The van der Waals surface area contributed by atoms with Crippen LogP contribution >= 0.6 is 0 Å². The number of ether oxygens (including phenoxy) is 1. The number of benzene rings is 2. The molecule has 2 heterocycles. The molecule has 10 atom stereocenters. The van der Waals surface area contributed by atoms with Crippen molar-refractivity contribution in [3.63, 3.8) is 0 Å². The van der Waals surface area contributed by atoms with Crippen molar-refractivity contribution < 1.29 is 97.4 Å². The highest BCUT2D eigenvalue weighted by Crippen LogP contribution is 2.40. The van der Waals surface area contributed by atoms with Gasteiger partial charge >= 0.3 is 12.4 Å². The zero-order valence-corrected chi connectivity index (χ0v) is 64.5. The number of likely N-dealkylation sites (N-methyl/N-ethyl adjacent to an activating group) is 7. The molecule has 0 radical (unpaired) electrons. The first kappa shape index (κ1) is 88.9. The van der Waals surface area contributed by atoms with E-state index < -0.39 is 229 Å². The van der Waals surface area contributed by atoms with Crippen LogP contribution in [0.25, 0.3) is 0 Å². The van der Waals surface area contributed by atoms with Crippen LogP contribution in [0.2, 0.25) is 0 Å². The Kier molecular flexibility index (Phi) is 31.0. The molecule has 33 heteroatoms. The monoisotopic (exact) mass is 1550 g/mol. The van der Waals surface area contributed by atoms with Crippen molar-refractivity contribution in [3.8, 4) is 0 Å². The molecule has 2 aliphatic carbocycles. The third kappa shape index (κ3) is 21.7. The van der Waals surface area contributed by atoms with Crippen molar-refractivity contribution in [2.24, 2.45) is 11.8 Å². The number of hydrogen-bond acceptors (Lipinski definition) is 13. The number of hydrogen-bond donors (Lipinski definition) is 3.